The summed E-state index contributed by atoms with van der Waals surface area (Å²) in [6.45, 7) is 0. The van der Waals surface area contributed by atoms with Crippen LogP contribution in [0.15, 0.2) is 54.9 Å². The normalized spacial score (nSPS) is 10.7. The Labute approximate surface area is 122 Å². The van der Waals surface area contributed by atoms with Crippen LogP contribution >= 0.6 is 0 Å². The van der Waals surface area contributed by atoms with Crippen LogP contribution in [0.25, 0.3) is 22.2 Å². The third-order valence-electron chi connectivity index (χ3n) is 3.41. The summed E-state index contributed by atoms with van der Waals surface area (Å²) in [6, 6.07) is 13.8. The van der Waals surface area contributed by atoms with Crippen LogP contribution in [0.1, 0.15) is 12.0 Å². The zero-order chi connectivity index (χ0) is 14.7. The lowest BCUT2D eigenvalue weighted by Crippen LogP contribution is -1.99. The van der Waals surface area contributed by atoms with E-state index in [4.69, 9.17) is 5.11 Å². The molecule has 0 radical (unpaired) electrons. The van der Waals surface area contributed by atoms with Gasteiger partial charge in [-0.25, -0.2) is 0 Å². The highest BCUT2D eigenvalue weighted by molar-refractivity contribution is 5.82. The predicted octanol–water partition coefficient (Wildman–Crippen LogP) is 3.31. The number of rotatable bonds is 4. The number of fused-ring (bicyclic) bond motifs is 1. The summed E-state index contributed by atoms with van der Waals surface area (Å²) in [6.07, 6.45) is 3.99. The van der Waals surface area contributed by atoms with Gasteiger partial charge in [-0.1, -0.05) is 30.3 Å². The molecule has 4 nitrogen and oxygen atoms in total. The molecule has 21 heavy (non-hydrogen) atoms. The van der Waals surface area contributed by atoms with Gasteiger partial charge < -0.3 is 5.11 Å². The van der Waals surface area contributed by atoms with E-state index in [1.807, 2.05) is 42.5 Å². The molecule has 0 saturated heterocycles. The van der Waals surface area contributed by atoms with Gasteiger partial charge in [-0.15, -0.1) is 0 Å². The first-order chi connectivity index (χ1) is 10.2. The number of hydrogen-bond acceptors (Lipinski definition) is 3. The van der Waals surface area contributed by atoms with E-state index in [0.717, 1.165) is 27.7 Å². The van der Waals surface area contributed by atoms with Crippen molar-refractivity contribution in [3.05, 3.63) is 60.4 Å². The standard InChI is InChI=1S/C17H14N2O2/c20-17(21)8-6-12-3-1-2-4-14(12)13-5-7-15-16(11-13)19-10-9-18-15/h1-5,7,9-11H,6,8H2,(H,20,21). The summed E-state index contributed by atoms with van der Waals surface area (Å²) < 4.78 is 0. The van der Waals surface area contributed by atoms with Crippen LogP contribution in [0.2, 0.25) is 0 Å². The van der Waals surface area contributed by atoms with Crippen LogP contribution in [0.5, 0.6) is 0 Å². The minimum atomic E-state index is -0.783. The molecule has 2 aromatic carbocycles. The van der Waals surface area contributed by atoms with Crippen molar-refractivity contribution in [2.75, 3.05) is 0 Å². The van der Waals surface area contributed by atoms with Crippen LogP contribution < -0.4 is 0 Å². The molecule has 1 aromatic heterocycles. The molecule has 0 spiro atoms. The van der Waals surface area contributed by atoms with E-state index in [1.165, 1.54) is 0 Å². The maximum atomic E-state index is 10.8. The number of aliphatic carboxylic acids is 1. The van der Waals surface area contributed by atoms with Crippen LogP contribution in [-0.4, -0.2) is 21.0 Å². The molecule has 0 saturated carbocycles. The topological polar surface area (TPSA) is 63.1 Å². The Balaban J connectivity index is 2.03. The second-order valence-corrected chi connectivity index (χ2v) is 4.81. The zero-order valence-electron chi connectivity index (χ0n) is 11.4. The van der Waals surface area contributed by atoms with Gasteiger partial charge in [0.1, 0.15) is 0 Å². The number of benzene rings is 2. The molecule has 1 heterocycles. The van der Waals surface area contributed by atoms with Crippen LogP contribution in [-0.2, 0) is 11.2 Å². The minimum absolute atomic E-state index is 0.129. The largest absolute Gasteiger partial charge is 0.481 e. The van der Waals surface area contributed by atoms with E-state index >= 15 is 0 Å². The molecule has 1 N–H and O–H groups in total. The third-order valence-corrected chi connectivity index (χ3v) is 3.41. The molecule has 0 atom stereocenters. The molecule has 0 bridgehead atoms. The van der Waals surface area contributed by atoms with Crippen LogP contribution in [0.4, 0.5) is 0 Å². The molecule has 0 amide bonds. The monoisotopic (exact) mass is 278 g/mol. The number of carboxylic acids is 1. The smallest absolute Gasteiger partial charge is 0.303 e. The van der Waals surface area contributed by atoms with E-state index in [9.17, 15) is 4.79 Å². The Morgan fingerprint density at radius 2 is 1.76 bits per heavy atom. The summed E-state index contributed by atoms with van der Waals surface area (Å²) in [5, 5.41) is 8.86. The van der Waals surface area contributed by atoms with Crippen molar-refractivity contribution in [2.24, 2.45) is 0 Å². The maximum Gasteiger partial charge on any atom is 0.303 e. The minimum Gasteiger partial charge on any atom is -0.481 e. The number of carbonyl (C=O) groups is 1. The van der Waals surface area contributed by atoms with Gasteiger partial charge in [0, 0.05) is 18.8 Å². The first-order valence-corrected chi connectivity index (χ1v) is 6.75. The fraction of sp³-hybridized carbons (Fsp3) is 0.118. The number of carboxylic acid groups (broad SMARTS) is 1. The molecular formula is C17H14N2O2. The summed E-state index contributed by atoms with van der Waals surface area (Å²) in [5.74, 6) is -0.783. The van der Waals surface area contributed by atoms with E-state index < -0.39 is 5.97 Å². The lowest BCUT2D eigenvalue weighted by molar-refractivity contribution is -0.136. The molecule has 3 rings (SSSR count). The Bertz CT molecular complexity index is 799. The zero-order valence-corrected chi connectivity index (χ0v) is 11.4. The average molecular weight is 278 g/mol. The summed E-state index contributed by atoms with van der Waals surface area (Å²) >= 11 is 0. The van der Waals surface area contributed by atoms with E-state index in [0.29, 0.717) is 6.42 Å². The number of aromatic nitrogens is 2. The van der Waals surface area contributed by atoms with Gasteiger partial charge in [-0.2, -0.15) is 0 Å². The molecule has 0 aliphatic rings. The summed E-state index contributed by atoms with van der Waals surface area (Å²) in [5.41, 5.74) is 4.80. The highest BCUT2D eigenvalue weighted by Gasteiger charge is 2.07. The van der Waals surface area contributed by atoms with Gasteiger partial charge in [-0.05, 0) is 35.2 Å². The van der Waals surface area contributed by atoms with Gasteiger partial charge in [-0.3, -0.25) is 14.8 Å². The van der Waals surface area contributed by atoms with E-state index in [-0.39, 0.29) is 6.42 Å². The van der Waals surface area contributed by atoms with Crippen molar-refractivity contribution in [2.45, 2.75) is 12.8 Å². The molecule has 0 unspecified atom stereocenters. The van der Waals surface area contributed by atoms with Gasteiger partial charge >= 0.3 is 5.97 Å². The van der Waals surface area contributed by atoms with Crippen LogP contribution in [0.3, 0.4) is 0 Å². The van der Waals surface area contributed by atoms with Gasteiger partial charge in [0.25, 0.3) is 0 Å². The van der Waals surface area contributed by atoms with Crippen LogP contribution in [0, 0.1) is 0 Å². The summed E-state index contributed by atoms with van der Waals surface area (Å²) in [4.78, 5) is 19.3. The second kappa shape index (κ2) is 5.71. The Morgan fingerprint density at radius 3 is 2.57 bits per heavy atom. The molecular weight excluding hydrogens is 264 g/mol. The van der Waals surface area contributed by atoms with Gasteiger partial charge in [0.15, 0.2) is 0 Å². The predicted molar refractivity (Wildman–Crippen MR) is 80.9 cm³/mol. The quantitative estimate of drug-likeness (QED) is 0.795. The average Bonchev–Trinajstić information content (AvgIpc) is 2.52. The molecule has 4 heteroatoms. The number of hydrogen-bond donors (Lipinski definition) is 1. The Hall–Kier alpha value is -2.75. The third kappa shape index (κ3) is 2.89. The van der Waals surface area contributed by atoms with E-state index in [2.05, 4.69) is 9.97 Å². The van der Waals surface area contributed by atoms with Gasteiger partial charge in [0.2, 0.25) is 0 Å². The first kappa shape index (κ1) is 13.2. The first-order valence-electron chi connectivity index (χ1n) is 6.75. The van der Waals surface area contributed by atoms with Crippen molar-refractivity contribution >= 4 is 17.0 Å². The molecule has 0 aliphatic carbocycles. The lowest BCUT2D eigenvalue weighted by atomic mass is 9.96. The highest BCUT2D eigenvalue weighted by Crippen LogP contribution is 2.26. The van der Waals surface area contributed by atoms with Crippen molar-refractivity contribution in [1.29, 1.82) is 0 Å². The molecule has 3 aromatic rings. The fourth-order valence-corrected chi connectivity index (χ4v) is 2.39. The van der Waals surface area contributed by atoms with Gasteiger partial charge in [0.05, 0.1) is 11.0 Å². The Morgan fingerprint density at radius 1 is 1.00 bits per heavy atom. The molecule has 0 aliphatic heterocycles. The van der Waals surface area contributed by atoms with Crippen molar-refractivity contribution in [3.8, 4) is 11.1 Å². The second-order valence-electron chi connectivity index (χ2n) is 4.81. The number of nitrogens with zero attached hydrogens (tertiary/aromatic N) is 2. The van der Waals surface area contributed by atoms with Crippen molar-refractivity contribution < 1.29 is 9.90 Å². The Kier molecular flexibility index (Phi) is 3.60. The lowest BCUT2D eigenvalue weighted by Gasteiger charge is -2.09. The fourth-order valence-electron chi connectivity index (χ4n) is 2.39. The summed E-state index contributed by atoms with van der Waals surface area (Å²) in [7, 11) is 0. The molecule has 0 fully saturated rings. The maximum absolute atomic E-state index is 10.8. The molecule has 104 valence electrons. The van der Waals surface area contributed by atoms with Crippen molar-refractivity contribution in [1.82, 2.24) is 9.97 Å². The SMILES string of the molecule is O=C(O)CCc1ccccc1-c1ccc2nccnc2c1. The highest BCUT2D eigenvalue weighted by atomic mass is 16.4. The van der Waals surface area contributed by atoms with Crippen molar-refractivity contribution in [3.63, 3.8) is 0 Å². The number of aryl methyl sites for hydroxylation is 1. The van der Waals surface area contributed by atoms with E-state index in [1.54, 1.807) is 12.4 Å².